The highest BCUT2D eigenvalue weighted by Gasteiger charge is 2.17. The number of hydrogen-bond donors (Lipinski definition) is 0. The van der Waals surface area contributed by atoms with Crippen LogP contribution in [0.2, 0.25) is 0 Å². The molecule has 0 N–H and O–H groups in total. The average Bonchev–Trinajstić information content (AvgIpc) is 3.86. The lowest BCUT2D eigenvalue weighted by Gasteiger charge is -2.11. The van der Waals surface area contributed by atoms with E-state index in [-0.39, 0.29) is 0 Å². The monoisotopic (exact) mass is 650 g/mol. The second-order valence-electron chi connectivity index (χ2n) is 13.3. The van der Waals surface area contributed by atoms with Crippen LogP contribution < -0.4 is 0 Å². The smallest absolute Gasteiger partial charge is 0.143 e. The van der Waals surface area contributed by atoms with Gasteiger partial charge in [-0.1, -0.05) is 115 Å². The van der Waals surface area contributed by atoms with Crippen LogP contribution in [0.1, 0.15) is 0 Å². The quantitative estimate of drug-likeness (QED) is 0.186. The summed E-state index contributed by atoms with van der Waals surface area (Å²) in [5.41, 5.74) is 13.6. The molecule has 0 saturated carbocycles. The standard InChI is InChI=1S/C48H30N2O/c1-2-11-34(12-3-1)49-43-18-7-4-13-37(43)41-29-32(23-27-45(41)49)31-21-25-35(26-22-31)50-44-19-8-5-14-38(44)42-30-33(24-28-46(42)50)36-16-10-17-40-39-15-6-9-20-47(39)51-48(36)40/h1-30H. The number of nitrogens with zero attached hydrogens (tertiary/aromatic N) is 2. The number of hydrogen-bond acceptors (Lipinski definition) is 1. The molecule has 0 aliphatic heterocycles. The Morgan fingerprint density at radius 3 is 1.53 bits per heavy atom. The van der Waals surface area contributed by atoms with Gasteiger partial charge in [-0.3, -0.25) is 0 Å². The largest absolute Gasteiger partial charge is 0.455 e. The van der Waals surface area contributed by atoms with Crippen molar-refractivity contribution in [3.63, 3.8) is 0 Å². The minimum atomic E-state index is 0.917. The van der Waals surface area contributed by atoms with E-state index in [2.05, 4.69) is 179 Å². The van der Waals surface area contributed by atoms with Crippen molar-refractivity contribution in [1.29, 1.82) is 0 Å². The van der Waals surface area contributed by atoms with Crippen molar-refractivity contribution in [2.45, 2.75) is 0 Å². The molecule has 0 spiro atoms. The zero-order chi connectivity index (χ0) is 33.5. The third-order valence-electron chi connectivity index (χ3n) is 10.5. The molecule has 3 aromatic heterocycles. The van der Waals surface area contributed by atoms with Gasteiger partial charge in [0.2, 0.25) is 0 Å². The second-order valence-corrected chi connectivity index (χ2v) is 13.3. The van der Waals surface area contributed by atoms with Crippen LogP contribution in [0.5, 0.6) is 0 Å². The maximum atomic E-state index is 6.42. The highest BCUT2D eigenvalue weighted by atomic mass is 16.3. The topological polar surface area (TPSA) is 23.0 Å². The van der Waals surface area contributed by atoms with Gasteiger partial charge in [-0.15, -0.1) is 0 Å². The number of rotatable bonds is 4. The summed E-state index contributed by atoms with van der Waals surface area (Å²) in [6.45, 7) is 0. The second kappa shape index (κ2) is 10.8. The summed E-state index contributed by atoms with van der Waals surface area (Å²) in [4.78, 5) is 0. The highest BCUT2D eigenvalue weighted by molar-refractivity contribution is 6.14. The predicted octanol–water partition coefficient (Wildman–Crippen LogP) is 13.1. The molecule has 0 bridgehead atoms. The van der Waals surface area contributed by atoms with Gasteiger partial charge in [0.1, 0.15) is 11.2 Å². The maximum Gasteiger partial charge on any atom is 0.143 e. The molecule has 0 saturated heterocycles. The fourth-order valence-corrected chi connectivity index (χ4v) is 8.20. The third kappa shape index (κ3) is 4.19. The van der Waals surface area contributed by atoms with E-state index in [0.29, 0.717) is 0 Å². The molecular weight excluding hydrogens is 621 g/mol. The molecule has 0 amide bonds. The highest BCUT2D eigenvalue weighted by Crippen LogP contribution is 2.40. The Balaban J connectivity index is 1.02. The lowest BCUT2D eigenvalue weighted by Crippen LogP contribution is -1.94. The van der Waals surface area contributed by atoms with Crippen LogP contribution in [0.3, 0.4) is 0 Å². The van der Waals surface area contributed by atoms with E-state index in [1.165, 1.54) is 60.4 Å². The van der Waals surface area contributed by atoms with E-state index in [0.717, 1.165) is 38.8 Å². The molecule has 3 nitrogen and oxygen atoms in total. The minimum absolute atomic E-state index is 0.917. The van der Waals surface area contributed by atoms with Crippen molar-refractivity contribution in [2.75, 3.05) is 0 Å². The summed E-state index contributed by atoms with van der Waals surface area (Å²) < 4.78 is 11.2. The van der Waals surface area contributed by atoms with Crippen molar-refractivity contribution in [1.82, 2.24) is 9.13 Å². The molecular formula is C48H30N2O. The molecule has 0 atom stereocenters. The fourth-order valence-electron chi connectivity index (χ4n) is 8.20. The molecule has 11 rings (SSSR count). The Morgan fingerprint density at radius 2 is 0.824 bits per heavy atom. The summed E-state index contributed by atoms with van der Waals surface area (Å²) in [6.07, 6.45) is 0. The van der Waals surface area contributed by atoms with Crippen LogP contribution in [0.15, 0.2) is 186 Å². The maximum absolute atomic E-state index is 6.42. The Labute approximate surface area is 293 Å². The lowest BCUT2D eigenvalue weighted by molar-refractivity contribution is 0.670. The van der Waals surface area contributed by atoms with E-state index >= 15 is 0 Å². The van der Waals surface area contributed by atoms with Gasteiger partial charge in [0.05, 0.1) is 22.1 Å². The molecule has 0 aliphatic carbocycles. The van der Waals surface area contributed by atoms with Crippen LogP contribution in [0, 0.1) is 0 Å². The average molecular weight is 651 g/mol. The molecule has 0 unspecified atom stereocenters. The minimum Gasteiger partial charge on any atom is -0.455 e. The van der Waals surface area contributed by atoms with E-state index < -0.39 is 0 Å². The van der Waals surface area contributed by atoms with Gasteiger partial charge in [0.15, 0.2) is 0 Å². The molecule has 0 fully saturated rings. The Morgan fingerprint density at radius 1 is 0.314 bits per heavy atom. The van der Waals surface area contributed by atoms with Crippen molar-refractivity contribution in [3.05, 3.63) is 182 Å². The van der Waals surface area contributed by atoms with Gasteiger partial charge in [-0.25, -0.2) is 0 Å². The zero-order valence-corrected chi connectivity index (χ0v) is 27.6. The zero-order valence-electron chi connectivity index (χ0n) is 27.6. The number of furan rings is 1. The van der Waals surface area contributed by atoms with Gasteiger partial charge in [0.25, 0.3) is 0 Å². The van der Waals surface area contributed by atoms with Crippen molar-refractivity contribution in [3.8, 4) is 33.6 Å². The summed E-state index contributed by atoms with van der Waals surface area (Å²) in [6, 6.07) is 65.5. The van der Waals surface area contributed by atoms with Crippen molar-refractivity contribution in [2.24, 2.45) is 0 Å². The van der Waals surface area contributed by atoms with Crippen molar-refractivity contribution >= 4 is 65.6 Å². The molecule has 8 aromatic carbocycles. The predicted molar refractivity (Wildman–Crippen MR) is 213 cm³/mol. The van der Waals surface area contributed by atoms with E-state index in [4.69, 9.17) is 4.42 Å². The number of para-hydroxylation sites is 5. The number of fused-ring (bicyclic) bond motifs is 9. The molecule has 11 aromatic rings. The van der Waals surface area contributed by atoms with E-state index in [1.54, 1.807) is 0 Å². The Bertz CT molecular complexity index is 3120. The molecule has 238 valence electrons. The lowest BCUT2D eigenvalue weighted by atomic mass is 10.0. The fraction of sp³-hybridized carbons (Fsp3) is 0. The van der Waals surface area contributed by atoms with Gasteiger partial charge in [0, 0.05) is 49.3 Å². The molecule has 0 radical (unpaired) electrons. The van der Waals surface area contributed by atoms with Crippen LogP contribution in [0.25, 0.3) is 99.2 Å². The Kier molecular flexibility index (Phi) is 5.96. The molecule has 0 aliphatic rings. The molecule has 3 heteroatoms. The first kappa shape index (κ1) is 28.0. The van der Waals surface area contributed by atoms with E-state index in [1.807, 2.05) is 12.1 Å². The van der Waals surface area contributed by atoms with Gasteiger partial charge < -0.3 is 13.6 Å². The van der Waals surface area contributed by atoms with Crippen molar-refractivity contribution < 1.29 is 4.42 Å². The van der Waals surface area contributed by atoms with Gasteiger partial charge in [-0.05, 0) is 83.4 Å². The third-order valence-corrected chi connectivity index (χ3v) is 10.5. The summed E-state index contributed by atoms with van der Waals surface area (Å²) in [5, 5.41) is 7.26. The first-order chi connectivity index (χ1) is 25.3. The van der Waals surface area contributed by atoms with Gasteiger partial charge in [-0.2, -0.15) is 0 Å². The van der Waals surface area contributed by atoms with Crippen LogP contribution >= 0.6 is 0 Å². The van der Waals surface area contributed by atoms with E-state index in [9.17, 15) is 0 Å². The van der Waals surface area contributed by atoms with Crippen LogP contribution in [-0.2, 0) is 0 Å². The Hall–Kier alpha value is -6.84. The first-order valence-electron chi connectivity index (χ1n) is 17.4. The SMILES string of the molecule is c1ccc(-n2c3ccccc3c3cc(-c4ccc(-n5c6ccccc6c6cc(-c7cccc8c7oc7ccccc78)ccc65)cc4)ccc32)cc1. The van der Waals surface area contributed by atoms with Crippen LogP contribution in [0.4, 0.5) is 0 Å². The number of aromatic nitrogens is 2. The van der Waals surface area contributed by atoms with Crippen LogP contribution in [-0.4, -0.2) is 9.13 Å². The molecule has 3 heterocycles. The number of benzene rings is 8. The summed E-state index contributed by atoms with van der Waals surface area (Å²) >= 11 is 0. The summed E-state index contributed by atoms with van der Waals surface area (Å²) in [7, 11) is 0. The normalized spacial score (nSPS) is 11.9. The first-order valence-corrected chi connectivity index (χ1v) is 17.4. The van der Waals surface area contributed by atoms with Gasteiger partial charge >= 0.3 is 0 Å². The molecule has 51 heavy (non-hydrogen) atoms. The summed E-state index contributed by atoms with van der Waals surface area (Å²) in [5.74, 6) is 0.